The average molecular weight is 308 g/mol. The van der Waals surface area contributed by atoms with Gasteiger partial charge in [-0.15, -0.1) is 6.42 Å². The van der Waals surface area contributed by atoms with Gasteiger partial charge in [0.05, 0.1) is 17.8 Å². The fraction of sp³-hybridized carbons (Fsp3) is 0.438. The SMILES string of the molecule is C#CCOc1cc(F)ccc1NC(=O)NC(C)(CO)CCC. The number of halogens is 1. The number of benzene rings is 1. The minimum atomic E-state index is -0.724. The van der Waals surface area contributed by atoms with E-state index in [0.29, 0.717) is 12.1 Å². The van der Waals surface area contributed by atoms with Crippen LogP contribution in [0.2, 0.25) is 0 Å². The summed E-state index contributed by atoms with van der Waals surface area (Å²) in [7, 11) is 0. The van der Waals surface area contributed by atoms with Crippen LogP contribution in [0, 0.1) is 18.2 Å². The maximum absolute atomic E-state index is 13.2. The first kappa shape index (κ1) is 17.8. The summed E-state index contributed by atoms with van der Waals surface area (Å²) in [5, 5.41) is 14.7. The number of ether oxygens (including phenoxy) is 1. The normalized spacial score (nSPS) is 12.9. The summed E-state index contributed by atoms with van der Waals surface area (Å²) in [6.07, 6.45) is 6.54. The molecule has 0 saturated carbocycles. The molecule has 0 aliphatic heterocycles. The highest BCUT2D eigenvalue weighted by atomic mass is 19.1. The molecule has 1 aromatic rings. The number of anilines is 1. The van der Waals surface area contributed by atoms with Crippen LogP contribution in [0.1, 0.15) is 26.7 Å². The number of nitrogens with one attached hydrogen (secondary N) is 2. The molecule has 0 heterocycles. The highest BCUT2D eigenvalue weighted by molar-refractivity contribution is 5.91. The Labute approximate surface area is 129 Å². The van der Waals surface area contributed by atoms with Gasteiger partial charge in [0.1, 0.15) is 18.2 Å². The van der Waals surface area contributed by atoms with E-state index in [-0.39, 0.29) is 19.0 Å². The molecule has 1 aromatic carbocycles. The first-order valence-corrected chi connectivity index (χ1v) is 7.00. The van der Waals surface area contributed by atoms with Crippen molar-refractivity contribution in [2.24, 2.45) is 0 Å². The number of hydrogen-bond acceptors (Lipinski definition) is 3. The molecule has 0 saturated heterocycles. The standard InChI is InChI=1S/C16H21FN2O3/c1-4-8-16(3,11-20)19-15(21)18-13-7-6-12(17)10-14(13)22-9-5-2/h2,6-7,10,20H,4,8-9,11H2,1,3H3,(H2,18,19,21). The Bertz CT molecular complexity index is 557. The van der Waals surface area contributed by atoms with E-state index in [0.717, 1.165) is 12.5 Å². The molecule has 0 aliphatic rings. The lowest BCUT2D eigenvalue weighted by Gasteiger charge is -2.28. The molecule has 1 atom stereocenters. The summed E-state index contributed by atoms with van der Waals surface area (Å²) >= 11 is 0. The van der Waals surface area contributed by atoms with E-state index >= 15 is 0 Å². The molecule has 6 heteroatoms. The van der Waals surface area contributed by atoms with Gasteiger partial charge in [0.25, 0.3) is 0 Å². The lowest BCUT2D eigenvalue weighted by molar-refractivity contribution is 0.167. The fourth-order valence-corrected chi connectivity index (χ4v) is 2.00. The molecule has 2 amide bonds. The van der Waals surface area contributed by atoms with Gasteiger partial charge < -0.3 is 20.5 Å². The quantitative estimate of drug-likeness (QED) is 0.678. The molecule has 22 heavy (non-hydrogen) atoms. The van der Waals surface area contributed by atoms with Crippen LogP contribution in [-0.4, -0.2) is 29.9 Å². The topological polar surface area (TPSA) is 70.6 Å². The van der Waals surface area contributed by atoms with Gasteiger partial charge in [0, 0.05) is 6.07 Å². The fourth-order valence-electron chi connectivity index (χ4n) is 2.00. The molecule has 5 nitrogen and oxygen atoms in total. The summed E-state index contributed by atoms with van der Waals surface area (Å²) in [6.45, 7) is 3.48. The number of rotatable bonds is 7. The molecular weight excluding hydrogens is 287 g/mol. The Hall–Kier alpha value is -2.26. The molecule has 1 rings (SSSR count). The number of hydrogen-bond donors (Lipinski definition) is 3. The van der Waals surface area contributed by atoms with E-state index in [2.05, 4.69) is 16.6 Å². The third-order valence-corrected chi connectivity index (χ3v) is 3.07. The van der Waals surface area contributed by atoms with Crippen LogP contribution < -0.4 is 15.4 Å². The van der Waals surface area contributed by atoms with E-state index in [1.54, 1.807) is 6.92 Å². The van der Waals surface area contributed by atoms with Crippen LogP contribution in [0.5, 0.6) is 5.75 Å². The Morgan fingerprint density at radius 2 is 2.27 bits per heavy atom. The predicted octanol–water partition coefficient (Wildman–Crippen LogP) is 2.51. The van der Waals surface area contributed by atoms with Crippen molar-refractivity contribution in [3.05, 3.63) is 24.0 Å². The predicted molar refractivity (Wildman–Crippen MR) is 83.3 cm³/mol. The van der Waals surface area contributed by atoms with Crippen LogP contribution in [0.25, 0.3) is 0 Å². The van der Waals surface area contributed by atoms with Gasteiger partial charge in [-0.05, 0) is 25.5 Å². The Balaban J connectivity index is 2.81. The van der Waals surface area contributed by atoms with Crippen molar-refractivity contribution < 1.29 is 19.0 Å². The molecule has 0 spiro atoms. The summed E-state index contributed by atoms with van der Waals surface area (Å²) in [6, 6.07) is 3.22. The number of terminal acetylenes is 1. The zero-order valence-corrected chi connectivity index (χ0v) is 12.8. The van der Waals surface area contributed by atoms with E-state index in [1.807, 2.05) is 6.92 Å². The Morgan fingerprint density at radius 1 is 1.55 bits per heavy atom. The number of aliphatic hydroxyl groups excluding tert-OH is 1. The minimum absolute atomic E-state index is 0.0378. The highest BCUT2D eigenvalue weighted by Gasteiger charge is 2.24. The molecule has 120 valence electrons. The second kappa shape index (κ2) is 8.25. The molecule has 0 radical (unpaired) electrons. The van der Waals surface area contributed by atoms with E-state index in [9.17, 15) is 14.3 Å². The number of aliphatic hydroxyl groups is 1. The largest absolute Gasteiger partial charge is 0.479 e. The summed E-state index contributed by atoms with van der Waals surface area (Å²) in [4.78, 5) is 12.0. The molecule has 0 aliphatic carbocycles. The van der Waals surface area contributed by atoms with Crippen LogP contribution in [-0.2, 0) is 0 Å². The second-order valence-electron chi connectivity index (χ2n) is 5.18. The van der Waals surface area contributed by atoms with Gasteiger partial charge in [-0.25, -0.2) is 9.18 Å². The van der Waals surface area contributed by atoms with E-state index in [1.165, 1.54) is 12.1 Å². The second-order valence-corrected chi connectivity index (χ2v) is 5.18. The number of urea groups is 1. The van der Waals surface area contributed by atoms with Crippen molar-refractivity contribution in [2.75, 3.05) is 18.5 Å². The minimum Gasteiger partial charge on any atom is -0.479 e. The van der Waals surface area contributed by atoms with Gasteiger partial charge in [-0.2, -0.15) is 0 Å². The van der Waals surface area contributed by atoms with Crippen LogP contribution >= 0.6 is 0 Å². The Morgan fingerprint density at radius 3 is 2.86 bits per heavy atom. The van der Waals surface area contributed by atoms with Gasteiger partial charge in [-0.1, -0.05) is 19.3 Å². The number of amides is 2. The third kappa shape index (κ3) is 5.26. The average Bonchev–Trinajstić information content (AvgIpc) is 2.47. The maximum Gasteiger partial charge on any atom is 0.319 e. The molecule has 0 fully saturated rings. The highest BCUT2D eigenvalue weighted by Crippen LogP contribution is 2.25. The monoisotopic (exact) mass is 308 g/mol. The van der Waals surface area contributed by atoms with E-state index < -0.39 is 17.4 Å². The smallest absolute Gasteiger partial charge is 0.319 e. The van der Waals surface area contributed by atoms with Crippen LogP contribution in [0.15, 0.2) is 18.2 Å². The van der Waals surface area contributed by atoms with Crippen molar-refractivity contribution in [1.29, 1.82) is 0 Å². The van der Waals surface area contributed by atoms with E-state index in [4.69, 9.17) is 11.2 Å². The first-order valence-electron chi connectivity index (χ1n) is 7.00. The van der Waals surface area contributed by atoms with Gasteiger partial charge >= 0.3 is 6.03 Å². The van der Waals surface area contributed by atoms with Crippen molar-refractivity contribution in [3.8, 4) is 18.1 Å². The molecule has 0 aromatic heterocycles. The molecule has 1 unspecified atom stereocenters. The Kier molecular flexibility index (Phi) is 6.67. The van der Waals surface area contributed by atoms with Crippen molar-refractivity contribution in [2.45, 2.75) is 32.2 Å². The summed E-state index contributed by atoms with van der Waals surface area (Å²) in [5.74, 6) is 1.93. The lowest BCUT2D eigenvalue weighted by Crippen LogP contribution is -2.50. The first-order chi connectivity index (χ1) is 10.4. The van der Waals surface area contributed by atoms with Crippen LogP contribution in [0.3, 0.4) is 0 Å². The third-order valence-electron chi connectivity index (χ3n) is 3.07. The number of carbonyl (C=O) groups is 1. The van der Waals surface area contributed by atoms with Crippen molar-refractivity contribution in [1.82, 2.24) is 5.32 Å². The zero-order valence-electron chi connectivity index (χ0n) is 12.8. The zero-order chi connectivity index (χ0) is 16.6. The number of carbonyl (C=O) groups excluding carboxylic acids is 1. The van der Waals surface area contributed by atoms with Crippen molar-refractivity contribution in [3.63, 3.8) is 0 Å². The molecule has 0 bridgehead atoms. The summed E-state index contributed by atoms with van der Waals surface area (Å²) in [5.41, 5.74) is -0.426. The lowest BCUT2D eigenvalue weighted by atomic mass is 9.98. The van der Waals surface area contributed by atoms with Crippen LogP contribution in [0.4, 0.5) is 14.9 Å². The maximum atomic E-state index is 13.2. The van der Waals surface area contributed by atoms with Gasteiger partial charge in [0.2, 0.25) is 0 Å². The molecule has 3 N–H and O–H groups in total. The van der Waals surface area contributed by atoms with Gasteiger partial charge in [0.15, 0.2) is 0 Å². The van der Waals surface area contributed by atoms with Crippen molar-refractivity contribution >= 4 is 11.7 Å². The summed E-state index contributed by atoms with van der Waals surface area (Å²) < 4.78 is 18.4. The van der Waals surface area contributed by atoms with Gasteiger partial charge in [-0.3, -0.25) is 0 Å². The molecular formula is C16H21FN2O3.